The Morgan fingerprint density at radius 1 is 1.35 bits per heavy atom. The fraction of sp³-hybridized carbons (Fsp3) is 0.769. The molecular weight excluding hydrogens is 258 g/mol. The monoisotopic (exact) mass is 279 g/mol. The summed E-state index contributed by atoms with van der Waals surface area (Å²) in [7, 11) is 0. The van der Waals surface area contributed by atoms with Crippen LogP contribution in [0.1, 0.15) is 18.6 Å². The quantitative estimate of drug-likeness (QED) is 0.740. The number of carbonyl (C=O) groups is 1. The Hall–Kier alpha value is -1.47. The molecule has 1 fully saturated rings. The topological polar surface area (TPSA) is 63.5 Å². The molecule has 2 aliphatic rings. The van der Waals surface area contributed by atoms with Crippen molar-refractivity contribution >= 4 is 5.91 Å². The van der Waals surface area contributed by atoms with Gasteiger partial charge >= 0.3 is 0 Å². The van der Waals surface area contributed by atoms with Crippen LogP contribution in [-0.4, -0.2) is 69.4 Å². The van der Waals surface area contributed by atoms with Gasteiger partial charge in [-0.15, -0.1) is 10.2 Å². The molecule has 1 saturated heterocycles. The molecule has 1 amide bonds. The number of aromatic nitrogens is 3. The molecule has 0 saturated carbocycles. The third-order valence-corrected chi connectivity index (χ3v) is 3.97. The van der Waals surface area contributed by atoms with Crippen LogP contribution in [0, 0.1) is 6.92 Å². The van der Waals surface area contributed by atoms with Gasteiger partial charge in [-0.05, 0) is 13.8 Å². The average Bonchev–Trinajstić information content (AvgIpc) is 2.80. The maximum Gasteiger partial charge on any atom is 0.236 e. The van der Waals surface area contributed by atoms with Crippen LogP contribution in [0.3, 0.4) is 0 Å². The molecular formula is C13H21N5O2. The second-order valence-corrected chi connectivity index (χ2v) is 5.55. The zero-order chi connectivity index (χ0) is 14.1. The van der Waals surface area contributed by atoms with Gasteiger partial charge in [0.1, 0.15) is 11.6 Å². The van der Waals surface area contributed by atoms with Gasteiger partial charge in [-0.3, -0.25) is 9.69 Å². The Kier molecular flexibility index (Phi) is 3.71. The number of rotatable bonds is 2. The first kappa shape index (κ1) is 13.5. The highest BCUT2D eigenvalue weighted by atomic mass is 16.5. The van der Waals surface area contributed by atoms with Gasteiger partial charge in [0, 0.05) is 26.2 Å². The number of morpholine rings is 1. The van der Waals surface area contributed by atoms with Crippen molar-refractivity contribution in [3.8, 4) is 0 Å². The Morgan fingerprint density at radius 2 is 2.20 bits per heavy atom. The van der Waals surface area contributed by atoms with Gasteiger partial charge in [0.2, 0.25) is 5.91 Å². The van der Waals surface area contributed by atoms with E-state index >= 15 is 0 Å². The molecule has 110 valence electrons. The minimum absolute atomic E-state index is 0.139. The molecule has 1 atom stereocenters. The molecule has 0 spiro atoms. The molecule has 2 aliphatic heterocycles. The van der Waals surface area contributed by atoms with Gasteiger partial charge in [0.15, 0.2) is 0 Å². The summed E-state index contributed by atoms with van der Waals surface area (Å²) in [6.45, 7) is 8.90. The Balaban J connectivity index is 1.57. The molecule has 7 heteroatoms. The van der Waals surface area contributed by atoms with Gasteiger partial charge in [0.05, 0.1) is 25.8 Å². The predicted octanol–water partition coefficient (Wildman–Crippen LogP) is -0.351. The lowest BCUT2D eigenvalue weighted by molar-refractivity contribution is -0.139. The highest BCUT2D eigenvalue weighted by Gasteiger charge is 2.25. The standard InChI is InChI=1S/C13H21N5O2/c1-10-7-17(5-6-20-10)13(19)9-16-3-4-18-11(2)14-15-12(18)8-16/h10H,3-9H2,1-2H3/t10-/m0/s1. The molecule has 0 bridgehead atoms. The largest absolute Gasteiger partial charge is 0.375 e. The van der Waals surface area contributed by atoms with E-state index in [9.17, 15) is 4.79 Å². The minimum Gasteiger partial charge on any atom is -0.375 e. The molecule has 3 heterocycles. The number of aryl methyl sites for hydroxylation is 1. The zero-order valence-corrected chi connectivity index (χ0v) is 12.1. The van der Waals surface area contributed by atoms with Gasteiger partial charge in [-0.1, -0.05) is 0 Å². The van der Waals surface area contributed by atoms with Crippen molar-refractivity contribution in [1.82, 2.24) is 24.6 Å². The van der Waals surface area contributed by atoms with Crippen LogP contribution in [0.4, 0.5) is 0 Å². The predicted molar refractivity (Wildman–Crippen MR) is 72.0 cm³/mol. The maximum absolute atomic E-state index is 12.3. The van der Waals surface area contributed by atoms with E-state index in [1.165, 1.54) is 0 Å². The van der Waals surface area contributed by atoms with Crippen molar-refractivity contribution < 1.29 is 9.53 Å². The summed E-state index contributed by atoms with van der Waals surface area (Å²) in [5, 5.41) is 8.25. The van der Waals surface area contributed by atoms with E-state index in [0.29, 0.717) is 32.8 Å². The van der Waals surface area contributed by atoms with Crippen molar-refractivity contribution in [2.24, 2.45) is 0 Å². The molecule has 0 unspecified atom stereocenters. The molecule has 0 N–H and O–H groups in total. The summed E-state index contributed by atoms with van der Waals surface area (Å²) in [5.74, 6) is 2.09. The number of fused-ring (bicyclic) bond motifs is 1. The fourth-order valence-electron chi connectivity index (χ4n) is 2.82. The average molecular weight is 279 g/mol. The lowest BCUT2D eigenvalue weighted by Crippen LogP contribution is -2.49. The summed E-state index contributed by atoms with van der Waals surface area (Å²) in [6.07, 6.45) is 0.139. The molecule has 0 aromatic carbocycles. The Labute approximate surface area is 118 Å². The minimum atomic E-state index is 0.139. The summed E-state index contributed by atoms with van der Waals surface area (Å²) in [5.41, 5.74) is 0. The molecule has 7 nitrogen and oxygen atoms in total. The number of ether oxygens (including phenoxy) is 1. The molecule has 20 heavy (non-hydrogen) atoms. The van der Waals surface area contributed by atoms with Crippen LogP contribution >= 0.6 is 0 Å². The number of carbonyl (C=O) groups excluding carboxylic acids is 1. The fourth-order valence-corrected chi connectivity index (χ4v) is 2.82. The summed E-state index contributed by atoms with van der Waals surface area (Å²) in [6, 6.07) is 0. The Bertz CT molecular complexity index is 501. The first-order valence-electron chi connectivity index (χ1n) is 7.14. The number of hydrogen-bond donors (Lipinski definition) is 0. The number of nitrogens with zero attached hydrogens (tertiary/aromatic N) is 5. The van der Waals surface area contributed by atoms with E-state index in [1.807, 2.05) is 18.7 Å². The zero-order valence-electron chi connectivity index (χ0n) is 12.1. The maximum atomic E-state index is 12.3. The summed E-state index contributed by atoms with van der Waals surface area (Å²) >= 11 is 0. The van der Waals surface area contributed by atoms with Crippen LogP contribution in [-0.2, 0) is 22.6 Å². The smallest absolute Gasteiger partial charge is 0.236 e. The second-order valence-electron chi connectivity index (χ2n) is 5.55. The van der Waals surface area contributed by atoms with E-state index < -0.39 is 0 Å². The summed E-state index contributed by atoms with van der Waals surface area (Å²) < 4.78 is 7.59. The van der Waals surface area contributed by atoms with Crippen LogP contribution in [0.2, 0.25) is 0 Å². The molecule has 1 aromatic heterocycles. The van der Waals surface area contributed by atoms with Gasteiger partial charge < -0.3 is 14.2 Å². The van der Waals surface area contributed by atoms with Crippen LogP contribution < -0.4 is 0 Å². The van der Waals surface area contributed by atoms with Crippen molar-refractivity contribution in [3.05, 3.63) is 11.6 Å². The highest BCUT2D eigenvalue weighted by Crippen LogP contribution is 2.12. The van der Waals surface area contributed by atoms with Crippen LogP contribution in [0.25, 0.3) is 0 Å². The molecule has 0 radical (unpaired) electrons. The highest BCUT2D eigenvalue weighted by molar-refractivity contribution is 5.78. The lowest BCUT2D eigenvalue weighted by atomic mass is 10.2. The summed E-state index contributed by atoms with van der Waals surface area (Å²) in [4.78, 5) is 16.4. The van der Waals surface area contributed by atoms with E-state index in [0.717, 1.165) is 24.7 Å². The molecule has 3 rings (SSSR count). The first-order chi connectivity index (χ1) is 9.63. The van der Waals surface area contributed by atoms with Crippen molar-refractivity contribution in [3.63, 3.8) is 0 Å². The van der Waals surface area contributed by atoms with Crippen LogP contribution in [0.5, 0.6) is 0 Å². The van der Waals surface area contributed by atoms with Crippen LogP contribution in [0.15, 0.2) is 0 Å². The van der Waals surface area contributed by atoms with E-state index in [2.05, 4.69) is 19.7 Å². The van der Waals surface area contributed by atoms with E-state index in [4.69, 9.17) is 4.74 Å². The number of hydrogen-bond acceptors (Lipinski definition) is 5. The van der Waals surface area contributed by atoms with Gasteiger partial charge in [-0.25, -0.2) is 0 Å². The third-order valence-electron chi connectivity index (χ3n) is 3.97. The van der Waals surface area contributed by atoms with Gasteiger partial charge in [-0.2, -0.15) is 0 Å². The van der Waals surface area contributed by atoms with Crippen molar-refractivity contribution in [2.45, 2.75) is 33.0 Å². The molecule has 1 aromatic rings. The molecule has 0 aliphatic carbocycles. The van der Waals surface area contributed by atoms with Gasteiger partial charge in [0.25, 0.3) is 0 Å². The SMILES string of the molecule is Cc1nnc2n1CCN(CC(=O)N1CCO[C@@H](C)C1)C2. The second kappa shape index (κ2) is 5.49. The number of amides is 1. The lowest BCUT2D eigenvalue weighted by Gasteiger charge is -2.34. The van der Waals surface area contributed by atoms with E-state index in [-0.39, 0.29) is 12.0 Å². The third kappa shape index (κ3) is 2.69. The first-order valence-corrected chi connectivity index (χ1v) is 7.14. The normalized spacial score (nSPS) is 23.7. The van der Waals surface area contributed by atoms with E-state index in [1.54, 1.807) is 0 Å². The Morgan fingerprint density at radius 3 is 3.00 bits per heavy atom. The van der Waals surface area contributed by atoms with Crippen molar-refractivity contribution in [2.75, 3.05) is 32.8 Å². The van der Waals surface area contributed by atoms with Crippen molar-refractivity contribution in [1.29, 1.82) is 0 Å².